The number of carbonyl (C=O) groups is 5. The van der Waals surface area contributed by atoms with Crippen molar-refractivity contribution in [3.63, 3.8) is 0 Å². The first-order valence-corrected chi connectivity index (χ1v) is 15.5. The molecule has 3 amide bonds. The highest BCUT2D eigenvalue weighted by Crippen LogP contribution is 2.51. The highest BCUT2D eigenvalue weighted by molar-refractivity contribution is 8.02. The lowest BCUT2D eigenvalue weighted by Gasteiger charge is -2.44. The van der Waals surface area contributed by atoms with Crippen LogP contribution in [0.5, 0.6) is 0 Å². The van der Waals surface area contributed by atoms with E-state index in [1.54, 1.807) is 27.7 Å². The van der Waals surface area contributed by atoms with Gasteiger partial charge in [-0.2, -0.15) is 0 Å². The molecule has 13 nitrogen and oxygen atoms in total. The summed E-state index contributed by atoms with van der Waals surface area (Å²) in [6.07, 6.45) is 0. The maximum absolute atomic E-state index is 14.8. The summed E-state index contributed by atoms with van der Waals surface area (Å²) in [6, 6.07) is -0.821. The fourth-order valence-corrected chi connectivity index (χ4v) is 9.11. The van der Waals surface area contributed by atoms with Crippen molar-refractivity contribution >= 4 is 64.8 Å². The van der Waals surface area contributed by atoms with Gasteiger partial charge in [-0.3, -0.25) is 24.5 Å². The number of β-lactam (4-membered cyclic amide) rings is 1. The van der Waals surface area contributed by atoms with E-state index in [9.17, 15) is 38.6 Å². The summed E-state index contributed by atoms with van der Waals surface area (Å²) in [5.41, 5.74) is -0.589. The molecule has 6 atom stereocenters. The first-order chi connectivity index (χ1) is 20.5. The van der Waals surface area contributed by atoms with Gasteiger partial charge in [-0.25, -0.2) is 9.18 Å². The van der Waals surface area contributed by atoms with Crippen LogP contribution in [0.1, 0.15) is 43.8 Å². The number of carbonyl (C=O) groups excluding carboxylic acids is 3. The van der Waals surface area contributed by atoms with Crippen LogP contribution in [0.4, 0.5) is 4.39 Å². The van der Waals surface area contributed by atoms with Gasteiger partial charge >= 0.3 is 11.9 Å². The average molecular weight is 670 g/mol. The third-order valence-electron chi connectivity index (χ3n) is 7.84. The van der Waals surface area contributed by atoms with Crippen LogP contribution >= 0.6 is 35.1 Å². The van der Waals surface area contributed by atoms with Crippen LogP contribution in [-0.2, 0) is 19.2 Å². The summed E-state index contributed by atoms with van der Waals surface area (Å²) >= 11 is 8.54. The Labute approximate surface area is 264 Å². The molecule has 5 rings (SSSR count). The Morgan fingerprint density at radius 3 is 2.41 bits per heavy atom. The lowest BCUT2D eigenvalue weighted by molar-refractivity contribution is -0.161. The molecule has 3 saturated heterocycles. The first kappa shape index (κ1) is 32.1. The molecule has 236 valence electrons. The summed E-state index contributed by atoms with van der Waals surface area (Å²) in [5.74, 6) is -5.41. The quantitative estimate of drug-likeness (QED) is 0.258. The molecule has 3 aliphatic rings. The summed E-state index contributed by atoms with van der Waals surface area (Å²) < 4.78 is 18.2. The van der Waals surface area contributed by atoms with Gasteiger partial charge in [0.25, 0.3) is 5.91 Å². The Morgan fingerprint density at radius 1 is 1.14 bits per heavy atom. The van der Waals surface area contributed by atoms with E-state index in [2.05, 4.69) is 21.1 Å². The van der Waals surface area contributed by atoms with Crippen molar-refractivity contribution in [2.75, 3.05) is 0 Å². The second kappa shape index (κ2) is 11.2. The number of carboxylic acid groups (broad SMARTS) is 2. The van der Waals surface area contributed by atoms with E-state index in [0.29, 0.717) is 0 Å². The predicted octanol–water partition coefficient (Wildman–Crippen LogP) is 2.07. The van der Waals surface area contributed by atoms with Crippen LogP contribution in [0.25, 0.3) is 11.3 Å². The van der Waals surface area contributed by atoms with E-state index in [-0.39, 0.29) is 27.6 Å². The topological polar surface area (TPSA) is 191 Å². The average Bonchev–Trinajstić information content (AvgIpc) is 3.53. The number of hydrogen-bond acceptors (Lipinski definition) is 10. The van der Waals surface area contributed by atoms with Gasteiger partial charge in [0.15, 0.2) is 0 Å². The number of rotatable bonds is 8. The van der Waals surface area contributed by atoms with Crippen molar-refractivity contribution in [2.45, 2.75) is 79.0 Å². The van der Waals surface area contributed by atoms with E-state index in [4.69, 9.17) is 16.1 Å². The van der Waals surface area contributed by atoms with Gasteiger partial charge < -0.3 is 30.3 Å². The van der Waals surface area contributed by atoms with E-state index in [1.165, 1.54) is 35.7 Å². The summed E-state index contributed by atoms with van der Waals surface area (Å²) in [7, 11) is 0. The minimum atomic E-state index is -1.45. The molecule has 17 heteroatoms. The Morgan fingerprint density at radius 2 is 1.82 bits per heavy atom. The number of aryl methyl sites for hydroxylation is 1. The van der Waals surface area contributed by atoms with Crippen LogP contribution in [0, 0.1) is 12.7 Å². The highest BCUT2D eigenvalue weighted by atomic mass is 35.5. The number of aliphatic carboxylic acids is 2. The second-order valence-electron chi connectivity index (χ2n) is 11.7. The third kappa shape index (κ3) is 5.31. The summed E-state index contributed by atoms with van der Waals surface area (Å²) in [5, 5.41) is 29.8. The number of fused-ring (bicyclic) bond motifs is 1. The zero-order valence-electron chi connectivity index (χ0n) is 24.0. The smallest absolute Gasteiger partial charge is 0.327 e. The molecule has 2 aromatic rings. The van der Waals surface area contributed by atoms with E-state index in [0.717, 1.165) is 17.8 Å². The normalized spacial score (nSPS) is 27.3. The third-order valence-corrected chi connectivity index (χ3v) is 11.2. The Kier molecular flexibility index (Phi) is 8.18. The van der Waals surface area contributed by atoms with Crippen molar-refractivity contribution in [1.29, 1.82) is 0 Å². The Hall–Kier alpha value is -3.34. The van der Waals surface area contributed by atoms with Crippen molar-refractivity contribution in [1.82, 2.24) is 26.0 Å². The van der Waals surface area contributed by atoms with Gasteiger partial charge in [0.2, 0.25) is 11.8 Å². The minimum absolute atomic E-state index is 0.000802. The van der Waals surface area contributed by atoms with E-state index >= 15 is 0 Å². The molecule has 0 bridgehead atoms. The van der Waals surface area contributed by atoms with Gasteiger partial charge in [0.1, 0.15) is 52.4 Å². The summed E-state index contributed by atoms with van der Waals surface area (Å²) in [4.78, 5) is 65.8. The maximum atomic E-state index is 14.8. The van der Waals surface area contributed by atoms with Crippen LogP contribution in [-0.4, -0.2) is 94.3 Å². The zero-order valence-corrected chi connectivity index (χ0v) is 26.4. The molecule has 0 spiro atoms. The second-order valence-corrected chi connectivity index (χ2v) is 15.6. The van der Waals surface area contributed by atoms with E-state index < -0.39 is 79.9 Å². The number of nitrogens with one attached hydrogen (secondary N) is 3. The van der Waals surface area contributed by atoms with Gasteiger partial charge in [0.05, 0.1) is 16.0 Å². The van der Waals surface area contributed by atoms with Crippen molar-refractivity contribution < 1.29 is 43.1 Å². The van der Waals surface area contributed by atoms with Gasteiger partial charge in [0, 0.05) is 9.49 Å². The number of thioether (sulfide) groups is 2. The zero-order chi connectivity index (χ0) is 32.5. The maximum Gasteiger partial charge on any atom is 0.327 e. The van der Waals surface area contributed by atoms with Crippen LogP contribution < -0.4 is 16.0 Å². The summed E-state index contributed by atoms with van der Waals surface area (Å²) in [6.45, 7) is 8.13. The minimum Gasteiger partial charge on any atom is -0.480 e. The number of aromatic nitrogens is 1. The van der Waals surface area contributed by atoms with Crippen molar-refractivity contribution in [3.05, 3.63) is 40.4 Å². The number of hydrogen-bond donors (Lipinski definition) is 5. The molecule has 44 heavy (non-hydrogen) atoms. The molecule has 2 unspecified atom stereocenters. The van der Waals surface area contributed by atoms with Crippen LogP contribution in [0.2, 0.25) is 5.02 Å². The molecule has 3 fully saturated rings. The number of halogens is 2. The molecule has 4 heterocycles. The molecular formula is C27H29ClFN5O8S2. The fraction of sp³-hybridized carbons (Fsp3) is 0.481. The Bertz CT molecular complexity index is 1560. The van der Waals surface area contributed by atoms with Crippen molar-refractivity contribution in [2.24, 2.45) is 0 Å². The van der Waals surface area contributed by atoms with Crippen molar-refractivity contribution in [3.8, 4) is 11.3 Å². The monoisotopic (exact) mass is 669 g/mol. The molecular weight excluding hydrogens is 641 g/mol. The van der Waals surface area contributed by atoms with Crippen LogP contribution in [0.3, 0.4) is 0 Å². The molecule has 5 N–H and O–H groups in total. The predicted molar refractivity (Wildman–Crippen MR) is 159 cm³/mol. The largest absolute Gasteiger partial charge is 0.480 e. The molecule has 1 aromatic carbocycles. The van der Waals surface area contributed by atoms with Gasteiger partial charge in [-0.1, -0.05) is 22.8 Å². The fourth-order valence-electron chi connectivity index (χ4n) is 5.74. The Balaban J connectivity index is 1.45. The molecule has 0 saturated carbocycles. The SMILES string of the molecule is Cc1onc(-c2c(F)cccc2Cl)c1C(=O)NC(C(=O)N[C@@H]1C(=O)N2[C@@H]1SC(C)(C)[C@@H]2C(=O)O)C1N[C@@H](C(=O)O)C(C)(C)S1. The standard InChI is InChI=1S/C27H29ClFN5O8S2/c1-9-12(14(33-42-9)13-10(28)7-6-8-11(13)29)19(35)30-15(21-32-17(24(38)39)26(2,3)43-21)20(36)31-16-22(37)34-18(25(40)41)27(4,5)44-23(16)34/h6-8,15-18,21,23,32H,1-5H3,(H,30,35)(H,31,36)(H,38,39)(H,40,41)/t15?,16-,17+,18+,21?,23-/m1/s1. The van der Waals surface area contributed by atoms with E-state index in [1.807, 2.05) is 0 Å². The number of benzene rings is 1. The number of carboxylic acids is 2. The lowest BCUT2D eigenvalue weighted by Crippen LogP contribution is -2.72. The highest BCUT2D eigenvalue weighted by Gasteiger charge is 2.64. The number of nitrogens with zero attached hydrogens (tertiary/aromatic N) is 2. The molecule has 1 aromatic heterocycles. The lowest BCUT2D eigenvalue weighted by atomic mass is 9.96. The van der Waals surface area contributed by atoms with Gasteiger partial charge in [-0.15, -0.1) is 23.5 Å². The molecule has 3 aliphatic heterocycles. The first-order valence-electron chi connectivity index (χ1n) is 13.4. The molecule has 0 aliphatic carbocycles. The molecule has 0 radical (unpaired) electrons. The number of amides is 3. The van der Waals surface area contributed by atoms with Crippen LogP contribution in [0.15, 0.2) is 22.7 Å². The van der Waals surface area contributed by atoms with Gasteiger partial charge in [-0.05, 0) is 46.8 Å².